The first-order valence-corrected chi connectivity index (χ1v) is 10.6. The summed E-state index contributed by atoms with van der Waals surface area (Å²) < 4.78 is 22.8. The summed E-state index contributed by atoms with van der Waals surface area (Å²) in [6, 6.07) is 16.9. The van der Waals surface area contributed by atoms with Crippen LogP contribution in [0.5, 0.6) is 23.0 Å². The zero-order chi connectivity index (χ0) is 24.9. The van der Waals surface area contributed by atoms with Crippen molar-refractivity contribution in [1.82, 2.24) is 9.66 Å². The monoisotopic (exact) mass is 473 g/mol. The second-order valence-electron chi connectivity index (χ2n) is 7.38. The van der Waals surface area contributed by atoms with Gasteiger partial charge in [0.05, 0.1) is 44.0 Å². The van der Waals surface area contributed by atoms with Crippen molar-refractivity contribution in [2.24, 2.45) is 5.10 Å². The normalized spacial score (nSPS) is 11.0. The number of para-hydroxylation sites is 2. The highest BCUT2D eigenvalue weighted by Crippen LogP contribution is 2.38. The van der Waals surface area contributed by atoms with Crippen molar-refractivity contribution in [2.75, 3.05) is 21.3 Å². The van der Waals surface area contributed by atoms with Gasteiger partial charge in [-0.25, -0.2) is 9.78 Å². The fraction of sp³-hybridized carbons (Fsp3) is 0.154. The molecule has 0 bridgehead atoms. The third-order valence-electron chi connectivity index (χ3n) is 5.25. The highest BCUT2D eigenvalue weighted by atomic mass is 16.5. The summed E-state index contributed by atoms with van der Waals surface area (Å²) in [4.78, 5) is 30.3. The van der Waals surface area contributed by atoms with Crippen molar-refractivity contribution >= 4 is 23.1 Å². The minimum absolute atomic E-state index is 0.206. The fourth-order valence-corrected chi connectivity index (χ4v) is 3.53. The van der Waals surface area contributed by atoms with Gasteiger partial charge in [-0.2, -0.15) is 9.78 Å². The number of aromatic nitrogens is 2. The number of ether oxygens (including phenoxy) is 4. The molecule has 0 amide bonds. The molecule has 35 heavy (non-hydrogen) atoms. The Kier molecular flexibility index (Phi) is 6.77. The molecule has 0 saturated heterocycles. The fourth-order valence-electron chi connectivity index (χ4n) is 3.53. The Hall–Kier alpha value is -4.66. The van der Waals surface area contributed by atoms with Gasteiger partial charge in [-0.05, 0) is 43.3 Å². The quantitative estimate of drug-likeness (QED) is 0.228. The molecule has 9 nitrogen and oxygen atoms in total. The van der Waals surface area contributed by atoms with Gasteiger partial charge in [0.1, 0.15) is 11.6 Å². The number of carbonyl (C=O) groups is 1. The van der Waals surface area contributed by atoms with E-state index in [1.165, 1.54) is 44.4 Å². The van der Waals surface area contributed by atoms with Gasteiger partial charge >= 0.3 is 5.97 Å². The molecule has 0 saturated carbocycles. The smallest absolute Gasteiger partial charge is 0.343 e. The first-order valence-electron chi connectivity index (χ1n) is 10.6. The molecule has 0 unspecified atom stereocenters. The number of carbonyl (C=O) groups excluding carboxylic acids is 1. The van der Waals surface area contributed by atoms with Crippen LogP contribution in [0.2, 0.25) is 0 Å². The summed E-state index contributed by atoms with van der Waals surface area (Å²) >= 11 is 0. The number of hydrogen-bond donors (Lipinski definition) is 0. The molecule has 0 aliphatic rings. The van der Waals surface area contributed by atoms with Crippen LogP contribution in [0.3, 0.4) is 0 Å². The molecule has 4 aromatic rings. The van der Waals surface area contributed by atoms with Crippen molar-refractivity contribution in [3.05, 3.63) is 88.0 Å². The molecule has 9 heteroatoms. The molecule has 0 spiro atoms. The Morgan fingerprint density at radius 3 is 2.26 bits per heavy atom. The average molecular weight is 473 g/mol. The summed E-state index contributed by atoms with van der Waals surface area (Å²) in [6.45, 7) is 1.70. The summed E-state index contributed by atoms with van der Waals surface area (Å²) in [5.74, 6) is 1.07. The van der Waals surface area contributed by atoms with Crippen molar-refractivity contribution in [3.63, 3.8) is 0 Å². The van der Waals surface area contributed by atoms with E-state index in [9.17, 15) is 9.59 Å². The maximum atomic E-state index is 12.9. The third-order valence-corrected chi connectivity index (χ3v) is 5.25. The number of hydrogen-bond acceptors (Lipinski definition) is 8. The van der Waals surface area contributed by atoms with Crippen LogP contribution in [-0.2, 0) is 0 Å². The van der Waals surface area contributed by atoms with E-state index in [0.29, 0.717) is 39.5 Å². The first-order chi connectivity index (χ1) is 17.0. The standard InChI is InChI=1S/C26H23N3O6/c1-16-28-20-11-7-6-10-19(20)25(30)29(16)27-15-17-9-5-8-12-21(17)35-26(31)18-13-22(32-2)24(34-4)23(14-18)33-3/h5-15H,1-4H3/b27-15+. The van der Waals surface area contributed by atoms with E-state index in [1.54, 1.807) is 49.4 Å². The zero-order valence-corrected chi connectivity index (χ0v) is 19.6. The van der Waals surface area contributed by atoms with Crippen LogP contribution in [-0.4, -0.2) is 43.2 Å². The van der Waals surface area contributed by atoms with Crippen LogP contribution in [0.25, 0.3) is 10.9 Å². The summed E-state index contributed by atoms with van der Waals surface area (Å²) in [7, 11) is 4.40. The largest absolute Gasteiger partial charge is 0.493 e. The molecule has 1 aromatic heterocycles. The molecule has 0 radical (unpaired) electrons. The second-order valence-corrected chi connectivity index (χ2v) is 7.38. The van der Waals surface area contributed by atoms with Crippen LogP contribution < -0.4 is 24.5 Å². The molecule has 0 aliphatic heterocycles. The van der Waals surface area contributed by atoms with Gasteiger partial charge in [0.15, 0.2) is 11.5 Å². The molecule has 0 aliphatic carbocycles. The number of methoxy groups -OCH3 is 3. The van der Waals surface area contributed by atoms with Crippen molar-refractivity contribution < 1.29 is 23.7 Å². The number of fused-ring (bicyclic) bond motifs is 1. The molecular formula is C26H23N3O6. The van der Waals surface area contributed by atoms with E-state index in [0.717, 1.165) is 0 Å². The highest BCUT2D eigenvalue weighted by molar-refractivity contribution is 5.94. The highest BCUT2D eigenvalue weighted by Gasteiger charge is 2.19. The lowest BCUT2D eigenvalue weighted by Crippen LogP contribution is -2.20. The van der Waals surface area contributed by atoms with Gasteiger partial charge in [-0.15, -0.1) is 0 Å². The Bertz CT molecular complexity index is 1470. The predicted molar refractivity (Wildman–Crippen MR) is 131 cm³/mol. The lowest BCUT2D eigenvalue weighted by atomic mass is 10.1. The maximum absolute atomic E-state index is 12.9. The molecule has 0 fully saturated rings. The summed E-state index contributed by atoms with van der Waals surface area (Å²) in [6.07, 6.45) is 1.45. The lowest BCUT2D eigenvalue weighted by molar-refractivity contribution is 0.0733. The predicted octanol–water partition coefficient (Wildman–Crippen LogP) is 3.83. The van der Waals surface area contributed by atoms with Crippen LogP contribution in [0.4, 0.5) is 0 Å². The maximum Gasteiger partial charge on any atom is 0.343 e. The Morgan fingerprint density at radius 2 is 1.57 bits per heavy atom. The van der Waals surface area contributed by atoms with Gasteiger partial charge in [0.2, 0.25) is 5.75 Å². The topological polar surface area (TPSA) is 101 Å². The second kappa shape index (κ2) is 10.1. The van der Waals surface area contributed by atoms with Gasteiger partial charge in [-0.1, -0.05) is 24.3 Å². The van der Waals surface area contributed by atoms with E-state index in [2.05, 4.69) is 10.1 Å². The van der Waals surface area contributed by atoms with Crippen molar-refractivity contribution in [3.8, 4) is 23.0 Å². The third kappa shape index (κ3) is 4.70. The lowest BCUT2D eigenvalue weighted by Gasteiger charge is -2.14. The van der Waals surface area contributed by atoms with Crippen LogP contribution in [0, 0.1) is 6.92 Å². The molecule has 4 rings (SSSR count). The molecule has 0 N–H and O–H groups in total. The Morgan fingerprint density at radius 1 is 0.914 bits per heavy atom. The van der Waals surface area contributed by atoms with Crippen LogP contribution in [0.1, 0.15) is 21.7 Å². The minimum atomic E-state index is -0.633. The molecular weight excluding hydrogens is 450 g/mol. The Balaban J connectivity index is 1.66. The summed E-state index contributed by atoms with van der Waals surface area (Å²) in [5, 5.41) is 4.77. The summed E-state index contributed by atoms with van der Waals surface area (Å²) in [5.41, 5.74) is 1.00. The number of aryl methyl sites for hydroxylation is 1. The van der Waals surface area contributed by atoms with E-state index in [4.69, 9.17) is 18.9 Å². The van der Waals surface area contributed by atoms with Crippen molar-refractivity contribution in [2.45, 2.75) is 6.92 Å². The minimum Gasteiger partial charge on any atom is -0.493 e. The van der Waals surface area contributed by atoms with Gasteiger partial charge < -0.3 is 18.9 Å². The van der Waals surface area contributed by atoms with E-state index in [-0.39, 0.29) is 16.9 Å². The molecule has 178 valence electrons. The number of rotatable bonds is 7. The Labute approximate surface area is 201 Å². The van der Waals surface area contributed by atoms with E-state index < -0.39 is 5.97 Å². The van der Waals surface area contributed by atoms with Gasteiger partial charge in [0, 0.05) is 5.56 Å². The van der Waals surface area contributed by atoms with Crippen molar-refractivity contribution in [1.29, 1.82) is 0 Å². The average Bonchev–Trinajstić information content (AvgIpc) is 2.88. The van der Waals surface area contributed by atoms with Gasteiger partial charge in [0.25, 0.3) is 5.56 Å². The van der Waals surface area contributed by atoms with E-state index >= 15 is 0 Å². The van der Waals surface area contributed by atoms with E-state index in [1.807, 2.05) is 6.07 Å². The SMILES string of the molecule is COc1cc(C(=O)Oc2ccccc2/C=N/n2c(C)nc3ccccc3c2=O)cc(OC)c1OC. The number of esters is 1. The zero-order valence-electron chi connectivity index (χ0n) is 19.6. The number of benzene rings is 3. The van der Waals surface area contributed by atoms with Gasteiger partial charge in [-0.3, -0.25) is 4.79 Å². The first kappa shape index (κ1) is 23.5. The molecule has 3 aromatic carbocycles. The van der Waals surface area contributed by atoms with Crippen LogP contribution >= 0.6 is 0 Å². The van der Waals surface area contributed by atoms with Crippen LogP contribution in [0.15, 0.2) is 70.6 Å². The number of nitrogens with zero attached hydrogens (tertiary/aromatic N) is 3. The molecule has 0 atom stereocenters. The molecule has 1 heterocycles.